The molecule has 12 heteroatoms. The third-order valence-electron chi connectivity index (χ3n) is 6.81. The van der Waals surface area contributed by atoms with Crippen molar-refractivity contribution in [3.8, 4) is 0 Å². The van der Waals surface area contributed by atoms with E-state index in [1.54, 1.807) is 27.3 Å². The van der Waals surface area contributed by atoms with Crippen LogP contribution in [0.5, 0.6) is 0 Å². The number of piperazine rings is 1. The van der Waals surface area contributed by atoms with Crippen LogP contribution in [0.25, 0.3) is 21.9 Å². The van der Waals surface area contributed by atoms with Crippen molar-refractivity contribution in [1.82, 2.24) is 19.4 Å². The first-order chi connectivity index (χ1) is 19.1. The van der Waals surface area contributed by atoms with Gasteiger partial charge in [-0.2, -0.15) is 0 Å². The van der Waals surface area contributed by atoms with Crippen LogP contribution in [-0.2, 0) is 13.1 Å². The molecule has 0 spiro atoms. The Morgan fingerprint density at radius 1 is 0.925 bits per heavy atom. The Morgan fingerprint density at radius 3 is 2.08 bits per heavy atom. The third-order valence-corrected chi connectivity index (χ3v) is 6.81. The van der Waals surface area contributed by atoms with E-state index in [0.29, 0.717) is 48.4 Å². The van der Waals surface area contributed by atoms with Crippen LogP contribution in [0.4, 0.5) is 10.1 Å². The van der Waals surface area contributed by atoms with Crippen LogP contribution in [0.2, 0.25) is 0 Å². The van der Waals surface area contributed by atoms with Gasteiger partial charge in [-0.1, -0.05) is 0 Å². The quantitative estimate of drug-likeness (QED) is 0.341. The van der Waals surface area contributed by atoms with Gasteiger partial charge in [0, 0.05) is 62.7 Å². The summed E-state index contributed by atoms with van der Waals surface area (Å²) in [5, 5.41) is 21.8. The van der Waals surface area contributed by atoms with E-state index in [2.05, 4.69) is 10.3 Å². The number of carboxylic acids is 2. The number of nitrogens with zero attached hydrogens (tertiary/aromatic N) is 4. The van der Waals surface area contributed by atoms with E-state index in [9.17, 15) is 23.6 Å². The van der Waals surface area contributed by atoms with Crippen molar-refractivity contribution >= 4 is 39.6 Å². The Morgan fingerprint density at radius 2 is 1.50 bits per heavy atom. The maximum absolute atomic E-state index is 14.5. The summed E-state index contributed by atoms with van der Waals surface area (Å²) >= 11 is 0. The number of halogens is 1. The number of pyridine rings is 3. The topological polar surface area (TPSA) is 147 Å². The first-order valence-corrected chi connectivity index (χ1v) is 12.9. The molecule has 0 unspecified atom stereocenters. The molecule has 40 heavy (non-hydrogen) atoms. The lowest BCUT2D eigenvalue weighted by Gasteiger charge is -2.30. The number of hydrogen-bond acceptors (Lipinski definition) is 7. The molecular formula is C28H30FN5O6. The molecular weight excluding hydrogens is 521 g/mol. The molecule has 3 aromatic heterocycles. The molecule has 1 aliphatic heterocycles. The van der Waals surface area contributed by atoms with Gasteiger partial charge >= 0.3 is 11.9 Å². The van der Waals surface area contributed by atoms with Crippen molar-refractivity contribution in [2.45, 2.75) is 33.9 Å². The first-order valence-electron chi connectivity index (χ1n) is 12.9. The number of carboxylic acid groups (broad SMARTS) is 2. The van der Waals surface area contributed by atoms with Gasteiger partial charge in [0.2, 0.25) is 10.9 Å². The molecule has 1 aliphatic rings. The lowest BCUT2D eigenvalue weighted by molar-refractivity contribution is 0.0684. The second-order valence-corrected chi connectivity index (χ2v) is 9.31. The van der Waals surface area contributed by atoms with Crippen molar-refractivity contribution in [2.75, 3.05) is 31.1 Å². The lowest BCUT2D eigenvalue weighted by atomic mass is 10.1. The SMILES string of the molecule is CCn1cc(C(=O)O)c(=O)c2cc(F)c(N3CCNCC3)cc21.CCn1cc(C(=O)O)c(=O)c2ccc(C)nc21. The molecule has 3 N–H and O–H groups in total. The molecule has 4 heterocycles. The maximum Gasteiger partial charge on any atom is 0.341 e. The molecule has 0 atom stereocenters. The van der Waals surface area contributed by atoms with E-state index in [0.717, 1.165) is 24.8 Å². The highest BCUT2D eigenvalue weighted by Gasteiger charge is 2.20. The molecule has 11 nitrogen and oxygen atoms in total. The molecule has 1 fully saturated rings. The zero-order valence-electron chi connectivity index (χ0n) is 22.4. The summed E-state index contributed by atoms with van der Waals surface area (Å²) in [7, 11) is 0. The summed E-state index contributed by atoms with van der Waals surface area (Å²) in [5.41, 5.74) is 0.636. The van der Waals surface area contributed by atoms with Crippen LogP contribution in [0.3, 0.4) is 0 Å². The fourth-order valence-electron chi connectivity index (χ4n) is 4.71. The van der Waals surface area contributed by atoms with E-state index in [1.165, 1.54) is 12.4 Å². The maximum atomic E-state index is 14.5. The highest BCUT2D eigenvalue weighted by molar-refractivity contribution is 5.94. The second kappa shape index (κ2) is 11.7. The number of carbonyl (C=O) groups is 2. The lowest BCUT2D eigenvalue weighted by Crippen LogP contribution is -2.43. The summed E-state index contributed by atoms with van der Waals surface area (Å²) in [6, 6.07) is 6.13. The molecule has 5 rings (SSSR count). The predicted octanol–water partition coefficient (Wildman–Crippen LogP) is 2.69. The molecule has 0 radical (unpaired) electrons. The van der Waals surface area contributed by atoms with Gasteiger partial charge in [-0.25, -0.2) is 19.0 Å². The van der Waals surface area contributed by atoms with Crippen molar-refractivity contribution in [2.24, 2.45) is 0 Å². The average Bonchev–Trinajstić information content (AvgIpc) is 2.94. The van der Waals surface area contributed by atoms with Crippen LogP contribution in [0.1, 0.15) is 40.3 Å². The van der Waals surface area contributed by atoms with Crippen LogP contribution in [0.15, 0.2) is 46.2 Å². The first kappa shape index (κ1) is 28.4. The molecule has 0 bridgehead atoms. The van der Waals surface area contributed by atoms with E-state index < -0.39 is 28.6 Å². The van der Waals surface area contributed by atoms with Crippen LogP contribution in [-0.4, -0.2) is 62.4 Å². The van der Waals surface area contributed by atoms with Crippen LogP contribution < -0.4 is 21.1 Å². The minimum absolute atomic E-state index is 0.100. The summed E-state index contributed by atoms with van der Waals surface area (Å²) < 4.78 is 17.8. The number of nitrogens with one attached hydrogen (secondary N) is 1. The molecule has 210 valence electrons. The van der Waals surface area contributed by atoms with Gasteiger partial charge in [0.1, 0.15) is 22.6 Å². The zero-order valence-corrected chi connectivity index (χ0v) is 22.4. The van der Waals surface area contributed by atoms with Gasteiger partial charge in [-0.15, -0.1) is 0 Å². The second-order valence-electron chi connectivity index (χ2n) is 9.31. The van der Waals surface area contributed by atoms with E-state index >= 15 is 0 Å². The Hall–Kier alpha value is -4.58. The van der Waals surface area contributed by atoms with Gasteiger partial charge in [-0.3, -0.25) is 9.59 Å². The minimum atomic E-state index is -1.30. The van der Waals surface area contributed by atoms with Gasteiger partial charge in [0.15, 0.2) is 0 Å². The number of rotatable bonds is 5. The molecule has 1 aromatic carbocycles. The highest BCUT2D eigenvalue weighted by atomic mass is 19.1. The van der Waals surface area contributed by atoms with Crippen molar-refractivity contribution in [3.63, 3.8) is 0 Å². The number of anilines is 1. The summed E-state index contributed by atoms with van der Waals surface area (Å²) in [6.07, 6.45) is 2.67. The Bertz CT molecular complexity index is 1740. The largest absolute Gasteiger partial charge is 0.477 e. The molecule has 0 amide bonds. The standard InChI is InChI=1S/C16H18FN3O3.C12H12N2O3/c1-2-19-9-11(16(22)23)15(21)10-7-12(17)14(8-13(10)19)20-5-3-18-4-6-20;1-3-14-6-9(12(16)17)10(15)8-5-4-7(2)13-11(8)14/h7-9,18H,2-6H2,1H3,(H,22,23);4-6H,3H2,1-2H3,(H,16,17). The fraction of sp³-hybridized carbons (Fsp3) is 0.321. The van der Waals surface area contributed by atoms with Crippen LogP contribution in [0, 0.1) is 12.7 Å². The number of aromatic nitrogens is 3. The molecule has 1 saturated heterocycles. The predicted molar refractivity (Wildman–Crippen MR) is 149 cm³/mol. The molecule has 0 aliphatic carbocycles. The van der Waals surface area contributed by atoms with Crippen molar-refractivity contribution in [1.29, 1.82) is 0 Å². The van der Waals surface area contributed by atoms with Gasteiger partial charge in [0.05, 0.1) is 16.6 Å². The van der Waals surface area contributed by atoms with Gasteiger partial charge in [0.25, 0.3) is 0 Å². The van der Waals surface area contributed by atoms with Crippen LogP contribution >= 0.6 is 0 Å². The normalized spacial score (nSPS) is 13.2. The smallest absolute Gasteiger partial charge is 0.341 e. The van der Waals surface area contributed by atoms with Crippen molar-refractivity contribution in [3.05, 3.63) is 79.7 Å². The number of fused-ring (bicyclic) bond motifs is 2. The van der Waals surface area contributed by atoms with E-state index in [1.807, 2.05) is 25.7 Å². The number of aromatic carboxylic acids is 2. The highest BCUT2D eigenvalue weighted by Crippen LogP contribution is 2.25. The van der Waals surface area contributed by atoms with Gasteiger partial charge < -0.3 is 29.6 Å². The number of aryl methyl sites for hydroxylation is 3. The molecule has 0 saturated carbocycles. The fourth-order valence-corrected chi connectivity index (χ4v) is 4.71. The third kappa shape index (κ3) is 5.43. The summed E-state index contributed by atoms with van der Waals surface area (Å²) in [5.74, 6) is -3.01. The molecule has 4 aromatic rings. The monoisotopic (exact) mass is 551 g/mol. The van der Waals surface area contributed by atoms with Gasteiger partial charge in [-0.05, 0) is 45.0 Å². The summed E-state index contributed by atoms with van der Waals surface area (Å²) in [4.78, 5) is 52.6. The average molecular weight is 552 g/mol. The van der Waals surface area contributed by atoms with E-state index in [4.69, 9.17) is 10.2 Å². The van der Waals surface area contributed by atoms with Crippen molar-refractivity contribution < 1.29 is 24.2 Å². The Labute approximate surface area is 228 Å². The van der Waals surface area contributed by atoms with E-state index in [-0.39, 0.29) is 16.5 Å². The summed E-state index contributed by atoms with van der Waals surface area (Å²) in [6.45, 7) is 9.53. The Kier molecular flexibility index (Phi) is 8.29. The Balaban J connectivity index is 0.000000194. The zero-order chi connectivity index (χ0) is 29.1. The number of benzene rings is 1. The number of hydrogen-bond donors (Lipinski definition) is 3. The minimum Gasteiger partial charge on any atom is -0.477 e.